The van der Waals surface area contributed by atoms with Crippen molar-refractivity contribution < 1.29 is 42.7 Å². The van der Waals surface area contributed by atoms with Crippen LogP contribution in [0.1, 0.15) is 200 Å². The van der Waals surface area contributed by atoms with Gasteiger partial charge in [-0.3, -0.25) is 18.6 Å². The van der Waals surface area contributed by atoms with E-state index in [1.807, 2.05) is 0 Å². The van der Waals surface area contributed by atoms with E-state index >= 15 is 0 Å². The monoisotopic (exact) mass is 840 g/mol. The largest absolute Gasteiger partial charge is 0.480 e. The number of phosphoric ester groups is 1. The fourth-order valence-corrected chi connectivity index (χ4v) is 6.97. The fourth-order valence-electron chi connectivity index (χ4n) is 6.19. The van der Waals surface area contributed by atoms with E-state index in [4.69, 9.17) is 29.4 Å². The molecule has 0 spiro atoms. The average Bonchev–Trinajstić information content (AvgIpc) is 3.20. The molecule has 0 amide bonds. The Balaban J connectivity index is 4.22. The lowest BCUT2D eigenvalue weighted by molar-refractivity contribution is -0.154. The highest BCUT2D eigenvalue weighted by atomic mass is 31.2. The average molecular weight is 840 g/mol. The number of carboxylic acids is 1. The molecule has 58 heavy (non-hydrogen) atoms. The number of allylic oxidation sites excluding steroid dienone is 8. The van der Waals surface area contributed by atoms with Crippen LogP contribution in [0.4, 0.5) is 0 Å². The Labute approximate surface area is 354 Å². The van der Waals surface area contributed by atoms with Crippen LogP contribution in [0, 0.1) is 0 Å². The van der Waals surface area contributed by atoms with Crippen molar-refractivity contribution in [1.82, 2.24) is 0 Å². The van der Waals surface area contributed by atoms with E-state index in [0.717, 1.165) is 64.2 Å². The number of carboxylic acid groups (broad SMARTS) is 1. The van der Waals surface area contributed by atoms with Crippen LogP contribution in [-0.2, 0) is 32.7 Å². The molecule has 338 valence electrons. The van der Waals surface area contributed by atoms with Gasteiger partial charge in [0.1, 0.15) is 12.1 Å². The molecule has 0 aromatic carbocycles. The Kier molecular flexibility index (Phi) is 41.5. The summed E-state index contributed by atoms with van der Waals surface area (Å²) in [4.78, 5) is 33.6. The van der Waals surface area contributed by atoms with Gasteiger partial charge in [0, 0.05) is 13.0 Å². The fraction of sp³-hybridized carbons (Fsp3) is 0.787. The molecule has 4 N–H and O–H groups in total. The molecule has 3 unspecified atom stereocenters. The Morgan fingerprint density at radius 2 is 0.948 bits per heavy atom. The lowest BCUT2D eigenvalue weighted by atomic mass is 10.1. The van der Waals surface area contributed by atoms with Crippen LogP contribution in [0.25, 0.3) is 0 Å². The first-order valence-electron chi connectivity index (χ1n) is 23.2. The molecule has 0 aliphatic rings. The predicted octanol–water partition coefficient (Wildman–Crippen LogP) is 13.0. The molecule has 0 radical (unpaired) electrons. The van der Waals surface area contributed by atoms with Crippen LogP contribution < -0.4 is 5.73 Å². The van der Waals surface area contributed by atoms with Gasteiger partial charge in [0.05, 0.1) is 19.8 Å². The van der Waals surface area contributed by atoms with Crippen molar-refractivity contribution in [2.24, 2.45) is 5.73 Å². The van der Waals surface area contributed by atoms with Gasteiger partial charge in [0.2, 0.25) is 0 Å². The van der Waals surface area contributed by atoms with Gasteiger partial charge in [-0.25, -0.2) is 4.57 Å². The van der Waals surface area contributed by atoms with Crippen LogP contribution >= 0.6 is 7.82 Å². The molecule has 11 heteroatoms. The smallest absolute Gasteiger partial charge is 0.472 e. The number of carbonyl (C=O) groups is 2. The second-order valence-corrected chi connectivity index (χ2v) is 17.0. The third-order valence-electron chi connectivity index (χ3n) is 9.83. The number of hydrogen-bond acceptors (Lipinski definition) is 8. The highest BCUT2D eigenvalue weighted by Crippen LogP contribution is 2.43. The third kappa shape index (κ3) is 42.1. The first kappa shape index (κ1) is 55.9. The van der Waals surface area contributed by atoms with E-state index < -0.39 is 45.1 Å². The summed E-state index contributed by atoms with van der Waals surface area (Å²) < 4.78 is 33.4. The molecule has 0 heterocycles. The van der Waals surface area contributed by atoms with Crippen molar-refractivity contribution in [1.29, 1.82) is 0 Å². The summed E-state index contributed by atoms with van der Waals surface area (Å²) in [6.07, 6.45) is 50.1. The highest BCUT2D eigenvalue weighted by molar-refractivity contribution is 7.47. The second-order valence-electron chi connectivity index (χ2n) is 15.5. The van der Waals surface area contributed by atoms with Gasteiger partial charge in [0.15, 0.2) is 0 Å². The summed E-state index contributed by atoms with van der Waals surface area (Å²) in [5.74, 6) is -1.79. The first-order chi connectivity index (χ1) is 28.2. The van der Waals surface area contributed by atoms with Crippen molar-refractivity contribution >= 4 is 19.8 Å². The van der Waals surface area contributed by atoms with Crippen molar-refractivity contribution in [2.45, 2.75) is 212 Å². The zero-order valence-corrected chi connectivity index (χ0v) is 37.8. The summed E-state index contributed by atoms with van der Waals surface area (Å²) >= 11 is 0. The molecule has 0 aromatic rings. The number of carbonyl (C=O) groups excluding carboxylic acids is 1. The summed E-state index contributed by atoms with van der Waals surface area (Å²) in [7, 11) is -4.62. The van der Waals surface area contributed by atoms with E-state index in [2.05, 4.69) is 62.5 Å². The van der Waals surface area contributed by atoms with E-state index in [1.54, 1.807) is 0 Å². The minimum Gasteiger partial charge on any atom is -0.480 e. The van der Waals surface area contributed by atoms with Gasteiger partial charge in [-0.2, -0.15) is 0 Å². The summed E-state index contributed by atoms with van der Waals surface area (Å²) in [5, 5.41) is 8.91. The molecule has 0 aliphatic carbocycles. The van der Waals surface area contributed by atoms with Crippen molar-refractivity contribution in [2.75, 3.05) is 26.4 Å². The minimum atomic E-state index is -4.62. The number of hydrogen-bond donors (Lipinski definition) is 3. The van der Waals surface area contributed by atoms with Crippen molar-refractivity contribution in [3.63, 3.8) is 0 Å². The minimum absolute atomic E-state index is 0.00854. The van der Waals surface area contributed by atoms with E-state index in [0.29, 0.717) is 13.0 Å². The van der Waals surface area contributed by atoms with Gasteiger partial charge < -0.3 is 25.2 Å². The molecule has 10 nitrogen and oxygen atoms in total. The van der Waals surface area contributed by atoms with Gasteiger partial charge in [0.25, 0.3) is 0 Å². The Hall–Kier alpha value is -2.07. The number of phosphoric acid groups is 1. The van der Waals surface area contributed by atoms with Crippen molar-refractivity contribution in [3.8, 4) is 0 Å². The van der Waals surface area contributed by atoms with Gasteiger partial charge >= 0.3 is 19.8 Å². The number of unbranched alkanes of at least 4 members (excludes halogenated alkanes) is 22. The van der Waals surface area contributed by atoms with Gasteiger partial charge in [-0.1, -0.05) is 165 Å². The normalized spacial score (nSPS) is 14.3. The zero-order chi connectivity index (χ0) is 42.6. The number of ether oxygens (including phenoxy) is 2. The molecular formula is C47H86NO9P. The number of rotatable bonds is 44. The summed E-state index contributed by atoms with van der Waals surface area (Å²) in [6.45, 7) is 3.82. The molecule has 0 aliphatic heterocycles. The highest BCUT2D eigenvalue weighted by Gasteiger charge is 2.27. The zero-order valence-electron chi connectivity index (χ0n) is 36.9. The van der Waals surface area contributed by atoms with Crippen LogP contribution in [-0.4, -0.2) is 60.5 Å². The molecule has 0 bridgehead atoms. The maximum atomic E-state index is 12.6. The lowest BCUT2D eigenvalue weighted by Gasteiger charge is -2.20. The topological polar surface area (TPSA) is 155 Å². The van der Waals surface area contributed by atoms with Gasteiger partial charge in [-0.05, 0) is 77.0 Å². The maximum absolute atomic E-state index is 12.6. The molecule has 0 saturated carbocycles. The molecule has 0 aromatic heterocycles. The summed E-state index contributed by atoms with van der Waals surface area (Å²) in [6, 6.07) is -1.48. The van der Waals surface area contributed by atoms with E-state index in [-0.39, 0.29) is 13.0 Å². The number of nitrogens with two attached hydrogens (primary N) is 1. The SMILES string of the molecule is CCCCC/C=C\C/C=C\CCCCCCCCCCCCOCC(COP(=O)(O)OCC(N)C(=O)O)OC(=O)CCCCCCC/C=C\C/C=C\CCCCCC. The maximum Gasteiger partial charge on any atom is 0.472 e. The van der Waals surface area contributed by atoms with Gasteiger partial charge in [-0.15, -0.1) is 0 Å². The van der Waals surface area contributed by atoms with Crippen LogP contribution in [0.3, 0.4) is 0 Å². The Morgan fingerprint density at radius 1 is 0.552 bits per heavy atom. The van der Waals surface area contributed by atoms with E-state index in [1.165, 1.54) is 109 Å². The predicted molar refractivity (Wildman–Crippen MR) is 240 cm³/mol. The number of esters is 1. The molecule has 0 fully saturated rings. The lowest BCUT2D eigenvalue weighted by Crippen LogP contribution is -2.34. The standard InChI is InChI=1S/C47H86NO9P/c1-3-5-7-9-11-13-15-17-19-21-22-23-24-26-28-30-32-34-36-38-40-54-41-44(42-55-58(52,53)56-43-45(48)47(50)51)57-46(49)39-37-35-33-31-29-27-25-20-18-16-14-12-10-8-6-4-2/h11,13-14,16-17,19-20,25,44-45H,3-10,12,15,18,21-24,26-43,48H2,1-2H3,(H,50,51)(H,52,53)/b13-11-,16-14-,19-17-,25-20-. The van der Waals surface area contributed by atoms with E-state index in [9.17, 15) is 19.0 Å². The molecule has 0 rings (SSSR count). The molecular weight excluding hydrogens is 753 g/mol. The van der Waals surface area contributed by atoms with Crippen LogP contribution in [0.15, 0.2) is 48.6 Å². The van der Waals surface area contributed by atoms with Crippen LogP contribution in [0.5, 0.6) is 0 Å². The third-order valence-corrected chi connectivity index (χ3v) is 10.8. The quantitative estimate of drug-likeness (QED) is 0.0234. The molecule has 0 saturated heterocycles. The second kappa shape index (κ2) is 43.0. The Bertz CT molecular complexity index is 1110. The van der Waals surface area contributed by atoms with Crippen molar-refractivity contribution in [3.05, 3.63) is 48.6 Å². The first-order valence-corrected chi connectivity index (χ1v) is 24.7. The van der Waals surface area contributed by atoms with Crippen LogP contribution in [0.2, 0.25) is 0 Å². The number of aliphatic carboxylic acids is 1. The Morgan fingerprint density at radius 3 is 1.43 bits per heavy atom. The summed E-state index contributed by atoms with van der Waals surface area (Å²) in [5.41, 5.74) is 5.36. The molecule has 3 atom stereocenters.